The number of piperidine rings is 1. The van der Waals surface area contributed by atoms with E-state index in [2.05, 4.69) is 7.05 Å². The summed E-state index contributed by atoms with van der Waals surface area (Å²) >= 11 is 0. The van der Waals surface area contributed by atoms with Crippen molar-refractivity contribution in [3.05, 3.63) is 7.05 Å². The third-order valence-electron chi connectivity index (χ3n) is 3.06. The topological polar surface area (TPSA) is 4.44 Å². The lowest BCUT2D eigenvalue weighted by Crippen LogP contribution is -3.10. The van der Waals surface area contributed by atoms with Crippen LogP contribution in [0.3, 0.4) is 0 Å². The van der Waals surface area contributed by atoms with Crippen LogP contribution in [-0.4, -0.2) is 19.0 Å². The fraction of sp³-hybridized carbons (Fsp3) is 0.875. The molecule has 0 bridgehead atoms. The van der Waals surface area contributed by atoms with Crippen molar-refractivity contribution >= 4 is 0 Å². The first-order valence-electron chi connectivity index (χ1n) is 4.10. The molecule has 1 atom stereocenters. The van der Waals surface area contributed by atoms with Gasteiger partial charge in [-0.2, -0.15) is 15.8 Å². The highest BCUT2D eigenvalue weighted by Gasteiger charge is 2.64. The van der Waals surface area contributed by atoms with Crippen LogP contribution in [0.25, 0.3) is 0 Å². The number of hydrogen-bond acceptors (Lipinski definition) is 0. The molecule has 11 heavy (non-hydrogen) atoms. The van der Waals surface area contributed by atoms with E-state index in [1.165, 1.54) is 0 Å². The Kier molecular flexibility index (Phi) is 1.32. The average molecular weight is 161 g/mol. The molecular formula is C8H13F2N. The Hall–Kier alpha value is -0.180. The van der Waals surface area contributed by atoms with Crippen molar-refractivity contribution in [2.45, 2.75) is 25.2 Å². The van der Waals surface area contributed by atoms with E-state index in [0.29, 0.717) is 6.42 Å². The van der Waals surface area contributed by atoms with Gasteiger partial charge in [0, 0.05) is 11.8 Å². The molecular weight excluding hydrogens is 148 g/mol. The second kappa shape index (κ2) is 1.94. The summed E-state index contributed by atoms with van der Waals surface area (Å²) in [5, 5.41) is 0. The number of quaternary nitrogens is 1. The molecule has 1 heterocycles. The summed E-state index contributed by atoms with van der Waals surface area (Å²) in [4.78, 5) is 0.729. The number of halogens is 2. The van der Waals surface area contributed by atoms with Crippen molar-refractivity contribution < 1.29 is 13.7 Å². The zero-order chi connectivity index (χ0) is 8.11. The minimum atomic E-state index is -2.44. The van der Waals surface area contributed by atoms with E-state index in [1.54, 1.807) is 0 Å². The van der Waals surface area contributed by atoms with E-state index in [4.69, 9.17) is 0 Å². The summed E-state index contributed by atoms with van der Waals surface area (Å²) in [5.41, 5.74) is -0.589. The van der Waals surface area contributed by atoms with Crippen LogP contribution in [0.1, 0.15) is 19.3 Å². The molecule has 1 nitrogen and oxygen atoms in total. The normalized spacial score (nSPS) is 39.0. The van der Waals surface area contributed by atoms with Gasteiger partial charge in [0.15, 0.2) is 0 Å². The average Bonchev–Trinajstić information content (AvgIpc) is 2.60. The minimum Gasteiger partial charge on any atom is -0.463 e. The summed E-state index contributed by atoms with van der Waals surface area (Å²) < 4.78 is 26.5. The summed E-state index contributed by atoms with van der Waals surface area (Å²) in [6, 6.07) is 0. The Morgan fingerprint density at radius 1 is 1.18 bits per heavy atom. The first kappa shape index (κ1) is 7.47. The van der Waals surface area contributed by atoms with Gasteiger partial charge in [0.25, 0.3) is 5.92 Å². The van der Waals surface area contributed by atoms with E-state index in [-0.39, 0.29) is 6.54 Å². The second-order valence-corrected chi connectivity index (χ2v) is 3.91. The van der Waals surface area contributed by atoms with Crippen molar-refractivity contribution in [3.63, 3.8) is 0 Å². The molecule has 2 fully saturated rings. The van der Waals surface area contributed by atoms with Crippen molar-refractivity contribution in [2.75, 3.05) is 13.1 Å². The van der Waals surface area contributed by atoms with E-state index in [9.17, 15) is 8.78 Å². The van der Waals surface area contributed by atoms with Crippen molar-refractivity contribution in [3.8, 4) is 0 Å². The Morgan fingerprint density at radius 3 is 2.27 bits per heavy atom. The number of rotatable bonds is 0. The summed E-state index contributed by atoms with van der Waals surface area (Å²) in [6.45, 7) is 0.753. The van der Waals surface area contributed by atoms with Gasteiger partial charge in [0.2, 0.25) is 0 Å². The summed E-state index contributed by atoms with van der Waals surface area (Å²) in [5.74, 6) is -2.44. The predicted molar refractivity (Wildman–Crippen MR) is 37.3 cm³/mol. The Balaban J connectivity index is 2.14. The first-order valence-corrected chi connectivity index (χ1v) is 4.10. The van der Waals surface area contributed by atoms with Crippen molar-refractivity contribution in [2.24, 2.45) is 5.41 Å². The van der Waals surface area contributed by atoms with E-state index >= 15 is 0 Å². The maximum atomic E-state index is 13.2. The minimum absolute atomic E-state index is 0.0625. The quantitative estimate of drug-likeness (QED) is 0.493. The smallest absolute Gasteiger partial charge is 0.299 e. The van der Waals surface area contributed by atoms with Gasteiger partial charge in [-0.1, -0.05) is 0 Å². The molecule has 0 aromatic rings. The largest absolute Gasteiger partial charge is 0.463 e. The Labute approximate surface area is 65.4 Å². The van der Waals surface area contributed by atoms with Gasteiger partial charge in [-0.3, -0.25) is 0 Å². The number of likely N-dealkylation sites (tertiary alicyclic amines) is 1. The molecule has 64 valence electrons. The van der Waals surface area contributed by atoms with Gasteiger partial charge in [-0.05, 0) is 12.8 Å². The molecule has 1 aliphatic heterocycles. The standard InChI is InChI=1S/C8H13F2N/c1-11-5-4-7(2-3-7)8(9,10)6-11/h11H,1-6H2. The lowest BCUT2D eigenvalue weighted by molar-refractivity contribution is -0.872. The molecule has 2 rings (SSSR count). The highest BCUT2D eigenvalue weighted by Crippen LogP contribution is 2.59. The third kappa shape index (κ3) is 0.975. The zero-order valence-electron chi connectivity index (χ0n) is 6.50. The van der Waals surface area contributed by atoms with Gasteiger partial charge in [0.05, 0.1) is 6.54 Å². The highest BCUT2D eigenvalue weighted by molar-refractivity contribution is 5.04. The van der Waals surface area contributed by atoms with Crippen LogP contribution in [-0.2, 0) is 0 Å². The summed E-state index contributed by atoms with van der Waals surface area (Å²) in [6.07, 6.45) is 2.12. The highest BCUT2D eigenvalue weighted by atomic mass is 19.3. The molecule has 3 heteroatoms. The molecule has 1 N–H and O–H groups in total. The molecule has 0 aromatic heterocycles. The molecule has 1 saturated heterocycles. The Morgan fingerprint density at radius 2 is 1.82 bits per heavy atom. The van der Waals surface area contributed by atoms with Crippen molar-refractivity contribution in [1.29, 1.82) is 0 Å². The summed E-state index contributed by atoms with van der Waals surface area (Å²) in [7, 11) is 3.62. The second-order valence-electron chi connectivity index (χ2n) is 3.91. The molecule has 1 aliphatic carbocycles. The van der Waals surface area contributed by atoms with Crippen LogP contribution in [0.2, 0.25) is 0 Å². The van der Waals surface area contributed by atoms with Gasteiger partial charge in [-0.25, -0.2) is 0 Å². The van der Waals surface area contributed by atoms with Gasteiger partial charge in [0.1, 0.15) is 6.54 Å². The monoisotopic (exact) mass is 161 g/mol. The van der Waals surface area contributed by atoms with Crippen molar-refractivity contribution in [1.82, 2.24) is 0 Å². The predicted octanol–water partition coefficient (Wildman–Crippen LogP) is 0.482. The molecule has 0 radical (unpaired) electrons. The van der Waals surface area contributed by atoms with Gasteiger partial charge in [-0.15, -0.1) is 0 Å². The van der Waals surface area contributed by atoms with Gasteiger partial charge < -0.3 is 4.90 Å². The molecule has 2 aliphatic rings. The molecule has 1 unspecified atom stereocenters. The maximum absolute atomic E-state index is 13.2. The third-order valence-corrected chi connectivity index (χ3v) is 3.06. The first-order chi connectivity index (χ1) is 5.06. The fourth-order valence-electron chi connectivity index (χ4n) is 1.96. The van der Waals surface area contributed by atoms with Crippen LogP contribution in [0.4, 0.5) is 8.78 Å². The fourth-order valence-corrected chi connectivity index (χ4v) is 1.96. The molecule has 1 saturated carbocycles. The lowest BCUT2D eigenvalue weighted by Gasteiger charge is -2.37. The molecule has 0 amide bonds. The van der Waals surface area contributed by atoms with Crippen LogP contribution in [0, 0.1) is 12.5 Å². The number of nitrogens with one attached hydrogen (secondary N) is 1. The Bertz CT molecular complexity index is 175. The molecule has 1 spiro atoms. The van der Waals surface area contributed by atoms with Crippen LogP contribution < -0.4 is 4.90 Å². The lowest BCUT2D eigenvalue weighted by atomic mass is 9.90. The van der Waals surface area contributed by atoms with E-state index < -0.39 is 11.3 Å². The van der Waals surface area contributed by atoms with Crippen LogP contribution in [0.5, 0.6) is 0 Å². The van der Waals surface area contributed by atoms with E-state index in [0.717, 1.165) is 24.3 Å². The van der Waals surface area contributed by atoms with Crippen LogP contribution >= 0.6 is 0 Å². The van der Waals surface area contributed by atoms with E-state index in [1.807, 2.05) is 0 Å². The number of hydrogen-bond donors (Lipinski definition) is 1. The molecule has 0 aromatic carbocycles. The number of alkyl halides is 2. The van der Waals surface area contributed by atoms with Crippen LogP contribution in [0.15, 0.2) is 0 Å². The maximum Gasteiger partial charge on any atom is 0.299 e. The van der Waals surface area contributed by atoms with Gasteiger partial charge >= 0.3 is 0 Å². The zero-order valence-corrected chi connectivity index (χ0v) is 6.50. The SMILES string of the molecule is [CH2-][NH+]1CCC2(CC2)C(F)(F)C1.